The van der Waals surface area contributed by atoms with Crippen molar-refractivity contribution in [1.82, 2.24) is 19.8 Å². The number of rotatable bonds is 8. The van der Waals surface area contributed by atoms with Gasteiger partial charge in [0.05, 0.1) is 24.7 Å². The Bertz CT molecular complexity index is 1330. The summed E-state index contributed by atoms with van der Waals surface area (Å²) in [6.07, 6.45) is 3.30. The van der Waals surface area contributed by atoms with Gasteiger partial charge in [0.25, 0.3) is 0 Å². The van der Waals surface area contributed by atoms with E-state index in [2.05, 4.69) is 39.8 Å². The number of ether oxygens (including phenoxy) is 1. The van der Waals surface area contributed by atoms with Gasteiger partial charge in [0.1, 0.15) is 10.9 Å². The van der Waals surface area contributed by atoms with Gasteiger partial charge in [-0.2, -0.15) is 4.31 Å². The van der Waals surface area contributed by atoms with Gasteiger partial charge in [0, 0.05) is 43.3 Å². The van der Waals surface area contributed by atoms with Crippen LogP contribution in [0, 0.1) is 5.92 Å². The van der Waals surface area contributed by atoms with Gasteiger partial charge < -0.3 is 15.4 Å². The van der Waals surface area contributed by atoms with Crippen molar-refractivity contribution < 1.29 is 22.7 Å². The number of hydrogen-bond acceptors (Lipinski definition) is 6. The lowest BCUT2D eigenvalue weighted by atomic mass is 9.78. The number of carbonyl (C=O) groups is 2. The molecule has 0 aromatic heterocycles. The number of sulfonamides is 1. The molecule has 2 amide bonds. The van der Waals surface area contributed by atoms with Crippen LogP contribution in [-0.2, 0) is 24.3 Å². The van der Waals surface area contributed by atoms with E-state index in [1.807, 2.05) is 6.07 Å². The van der Waals surface area contributed by atoms with Crippen molar-refractivity contribution in [3.8, 4) is 0 Å². The van der Waals surface area contributed by atoms with Crippen molar-refractivity contribution in [1.29, 1.82) is 0 Å². The van der Waals surface area contributed by atoms with Gasteiger partial charge in [-0.15, -0.1) is 0 Å². The van der Waals surface area contributed by atoms with Crippen molar-refractivity contribution in [2.45, 2.75) is 55.1 Å². The van der Waals surface area contributed by atoms with Crippen LogP contribution in [0.4, 0.5) is 0 Å². The van der Waals surface area contributed by atoms with Gasteiger partial charge in [-0.05, 0) is 55.4 Å². The minimum Gasteiger partial charge on any atom is -0.379 e. The van der Waals surface area contributed by atoms with Crippen LogP contribution in [0.15, 0.2) is 53.4 Å². The molecule has 2 unspecified atom stereocenters. The Hall–Kier alpha value is -2.21. The minimum atomic E-state index is -4.14. The maximum absolute atomic E-state index is 13.5. The number of halogens is 2. The fourth-order valence-electron chi connectivity index (χ4n) is 6.32. The summed E-state index contributed by atoms with van der Waals surface area (Å²) in [7, 11) is -4.14. The lowest BCUT2D eigenvalue weighted by molar-refractivity contribution is -0.132. The minimum absolute atomic E-state index is 0.0257. The molecule has 2 aromatic carbocycles. The molecule has 41 heavy (non-hydrogen) atoms. The number of nitrogens with zero attached hydrogens (tertiary/aromatic N) is 2. The highest BCUT2D eigenvalue weighted by molar-refractivity contribution is 7.89. The summed E-state index contributed by atoms with van der Waals surface area (Å²) in [4.78, 5) is 28.3. The third-order valence-corrected chi connectivity index (χ3v) is 10.9. The predicted octanol–water partition coefficient (Wildman–Crippen LogP) is 3.62. The molecule has 222 valence electrons. The summed E-state index contributed by atoms with van der Waals surface area (Å²) < 4.78 is 33.6. The lowest BCUT2D eigenvalue weighted by Crippen LogP contribution is -2.58. The second-order valence-corrected chi connectivity index (χ2v) is 13.6. The smallest absolute Gasteiger partial charge is 0.245 e. The molecule has 1 saturated carbocycles. The van der Waals surface area contributed by atoms with Crippen LogP contribution in [0.5, 0.6) is 0 Å². The highest BCUT2D eigenvalue weighted by Gasteiger charge is 2.41. The maximum atomic E-state index is 13.5. The molecule has 3 fully saturated rings. The van der Waals surface area contributed by atoms with Gasteiger partial charge in [-0.3, -0.25) is 14.5 Å². The number of benzene rings is 2. The Kier molecular flexibility index (Phi) is 9.89. The molecule has 2 saturated heterocycles. The number of carbonyl (C=O) groups excluding carboxylic acids is 2. The molecule has 1 aliphatic carbocycles. The number of hydrogen-bond donors (Lipinski definition) is 2. The molecule has 12 heteroatoms. The number of nitrogens with one attached hydrogen (secondary N) is 2. The van der Waals surface area contributed by atoms with Crippen molar-refractivity contribution in [3.63, 3.8) is 0 Å². The van der Waals surface area contributed by atoms with Gasteiger partial charge in [-0.1, -0.05) is 53.5 Å². The summed E-state index contributed by atoms with van der Waals surface area (Å²) in [5.74, 6) is -0.386. The predicted molar refractivity (Wildman–Crippen MR) is 157 cm³/mol. The van der Waals surface area contributed by atoms with E-state index in [1.54, 1.807) is 0 Å². The molecular weight excluding hydrogens is 587 g/mol. The topological polar surface area (TPSA) is 108 Å². The quantitative estimate of drug-likeness (QED) is 0.466. The first-order valence-corrected chi connectivity index (χ1v) is 16.3. The zero-order chi connectivity index (χ0) is 29.0. The highest BCUT2D eigenvalue weighted by Crippen LogP contribution is 2.39. The van der Waals surface area contributed by atoms with Crippen LogP contribution in [0.25, 0.3) is 0 Å². The Morgan fingerprint density at radius 1 is 1.02 bits per heavy atom. The monoisotopic (exact) mass is 622 g/mol. The Morgan fingerprint density at radius 3 is 2.41 bits per heavy atom. The lowest BCUT2D eigenvalue weighted by Gasteiger charge is -2.42. The molecule has 3 aliphatic rings. The van der Waals surface area contributed by atoms with Crippen LogP contribution in [0.1, 0.15) is 43.7 Å². The fraction of sp³-hybridized carbons (Fsp3) is 0.517. The van der Waals surface area contributed by atoms with Crippen molar-refractivity contribution in [2.24, 2.45) is 5.92 Å². The standard InChI is InChI=1S/C29H36Cl2N4O5S/c30-22-8-11-26(24(31)18-22)41(38,39)35-13-12-32-29(37)25(35)19-27(36)33-23-9-6-21(7-10-23)28(20-4-2-1-3-5-20)34-14-16-40-17-15-34/h1-5,8,11,18,21,23,25,28H,6-7,9-10,12-17,19H2,(H,32,37)(H,33,36). The highest BCUT2D eigenvalue weighted by atomic mass is 35.5. The molecule has 2 aliphatic heterocycles. The van der Waals surface area contributed by atoms with Crippen LogP contribution < -0.4 is 10.6 Å². The van der Waals surface area contributed by atoms with Crippen molar-refractivity contribution >= 4 is 45.0 Å². The van der Waals surface area contributed by atoms with E-state index in [-0.39, 0.29) is 41.4 Å². The van der Waals surface area contributed by atoms with Crippen LogP contribution in [0.2, 0.25) is 10.0 Å². The second kappa shape index (κ2) is 13.4. The molecular formula is C29H36Cl2N4O5S. The first-order chi connectivity index (χ1) is 19.7. The molecule has 0 bridgehead atoms. The van der Waals surface area contributed by atoms with E-state index in [9.17, 15) is 18.0 Å². The zero-order valence-electron chi connectivity index (χ0n) is 22.8. The molecule has 2 heterocycles. The normalized spacial score (nSPS) is 25.3. The molecule has 2 atom stereocenters. The Balaban J connectivity index is 1.22. The summed E-state index contributed by atoms with van der Waals surface area (Å²) in [6, 6.07) is 13.8. The van der Waals surface area contributed by atoms with Crippen LogP contribution >= 0.6 is 23.2 Å². The first kappa shape index (κ1) is 30.3. The molecule has 2 N–H and O–H groups in total. The molecule has 9 nitrogen and oxygen atoms in total. The average molecular weight is 624 g/mol. The van der Waals surface area contributed by atoms with Crippen molar-refractivity contribution in [3.05, 3.63) is 64.1 Å². The maximum Gasteiger partial charge on any atom is 0.245 e. The first-order valence-electron chi connectivity index (χ1n) is 14.1. The van der Waals surface area contributed by atoms with E-state index < -0.39 is 22.0 Å². The van der Waals surface area contributed by atoms with Crippen molar-refractivity contribution in [2.75, 3.05) is 39.4 Å². The van der Waals surface area contributed by atoms with Gasteiger partial charge in [0.2, 0.25) is 21.8 Å². The van der Waals surface area contributed by atoms with Gasteiger partial charge in [-0.25, -0.2) is 8.42 Å². The number of amides is 2. The SMILES string of the molecule is O=C(CC1C(=O)NCCN1S(=O)(=O)c1ccc(Cl)cc1Cl)NC1CCC(C(c2ccccc2)N2CCOCC2)CC1. The second-order valence-electron chi connectivity index (χ2n) is 10.9. The largest absolute Gasteiger partial charge is 0.379 e. The molecule has 0 radical (unpaired) electrons. The molecule has 0 spiro atoms. The van der Waals surface area contributed by atoms with Gasteiger partial charge >= 0.3 is 0 Å². The zero-order valence-corrected chi connectivity index (χ0v) is 25.1. The molecule has 2 aromatic rings. The van der Waals surface area contributed by atoms with E-state index in [0.717, 1.165) is 56.3 Å². The van der Waals surface area contributed by atoms with Gasteiger partial charge in [0.15, 0.2) is 0 Å². The third-order valence-electron chi connectivity index (χ3n) is 8.30. The van der Waals surface area contributed by atoms with E-state index in [1.165, 1.54) is 23.8 Å². The Morgan fingerprint density at radius 2 is 1.73 bits per heavy atom. The van der Waals surface area contributed by atoms with E-state index >= 15 is 0 Å². The van der Waals surface area contributed by atoms with E-state index in [4.69, 9.17) is 27.9 Å². The third kappa shape index (κ3) is 7.06. The van der Waals surface area contributed by atoms with Crippen LogP contribution in [0.3, 0.4) is 0 Å². The average Bonchev–Trinajstić information content (AvgIpc) is 2.96. The number of piperazine rings is 1. The summed E-state index contributed by atoms with van der Waals surface area (Å²) in [5.41, 5.74) is 1.31. The summed E-state index contributed by atoms with van der Waals surface area (Å²) in [6.45, 7) is 3.47. The van der Waals surface area contributed by atoms with Crippen LogP contribution in [-0.4, -0.2) is 80.9 Å². The summed E-state index contributed by atoms with van der Waals surface area (Å²) >= 11 is 12.1. The molecule has 5 rings (SSSR count). The number of morpholine rings is 1. The Labute approximate surface area is 251 Å². The fourth-order valence-corrected chi connectivity index (χ4v) is 8.65. The van der Waals surface area contributed by atoms with E-state index in [0.29, 0.717) is 17.0 Å². The summed E-state index contributed by atoms with van der Waals surface area (Å²) in [5, 5.41) is 6.04.